The minimum atomic E-state index is 0. The second-order valence-electron chi connectivity index (χ2n) is 0. The van der Waals surface area contributed by atoms with E-state index in [0.29, 0.717) is 0 Å². The zero-order valence-corrected chi connectivity index (χ0v) is 10.1. The molecule has 0 aromatic heterocycles. The Morgan fingerprint density at radius 2 is 1.20 bits per heavy atom. The summed E-state index contributed by atoms with van der Waals surface area (Å²) in [6.07, 6.45) is 0. The van der Waals surface area contributed by atoms with Crippen molar-refractivity contribution in [2.24, 2.45) is 0 Å². The van der Waals surface area contributed by atoms with E-state index in [1.165, 1.54) is 0 Å². The molecule has 0 spiro atoms. The van der Waals surface area contributed by atoms with Crippen LogP contribution in [0.15, 0.2) is 0 Å². The predicted molar refractivity (Wildman–Crippen MR) is 0.686 cm³/mol. The van der Waals surface area contributed by atoms with E-state index in [0.717, 1.165) is 0 Å². The van der Waals surface area contributed by atoms with Crippen LogP contribution in [0.25, 0.3) is 0 Å². The van der Waals surface area contributed by atoms with Gasteiger partial charge in [-0.1, -0.05) is 0 Å². The fraction of sp³-hybridized carbons (Fsp3) is 0. The zero-order valence-electron chi connectivity index (χ0n) is 1.97. The van der Waals surface area contributed by atoms with Gasteiger partial charge in [-0.3, -0.25) is 0 Å². The van der Waals surface area contributed by atoms with Crippen LogP contribution in [0.2, 0.25) is 0 Å². The van der Waals surface area contributed by atoms with Crippen molar-refractivity contribution in [2.75, 3.05) is 0 Å². The molecule has 0 saturated heterocycles. The van der Waals surface area contributed by atoms with Gasteiger partial charge in [0.15, 0.2) is 0 Å². The van der Waals surface area contributed by atoms with Crippen LogP contribution in [-0.2, 0) is 82.4 Å². The van der Waals surface area contributed by atoms with Gasteiger partial charge in [-0.05, 0) is 0 Å². The van der Waals surface area contributed by atoms with Gasteiger partial charge in [0.1, 0.15) is 0 Å². The molecule has 0 aliphatic carbocycles. The SMILES string of the molecule is [Co].[Cr].[O]=[Hf].[Pt]. The normalized spacial score (nSPS) is 0.600. The van der Waals surface area contributed by atoms with E-state index in [1.807, 2.05) is 0 Å². The molecule has 1 nitrogen and oxygen atoms in total. The molecule has 1 radical (unpaired) electrons. The standard InChI is InChI=1S/Co.Cr.Hf.O.Pt. The van der Waals surface area contributed by atoms with Crippen LogP contribution in [0.3, 0.4) is 0 Å². The summed E-state index contributed by atoms with van der Waals surface area (Å²) in [7, 11) is 0. The summed E-state index contributed by atoms with van der Waals surface area (Å²) >= 11 is 0.0556. The van der Waals surface area contributed by atoms with E-state index >= 15 is 0 Å². The molecular formula is CoCrHfOPt. The molecule has 0 fully saturated rings. The van der Waals surface area contributed by atoms with E-state index in [-0.39, 0.29) is 79.6 Å². The predicted octanol–water partition coefficient (Wildman–Crippen LogP) is -0.129. The van der Waals surface area contributed by atoms with Crippen molar-refractivity contribution >= 4 is 0 Å². The fourth-order valence-electron chi connectivity index (χ4n) is 0. The molecule has 0 aliphatic heterocycles. The Balaban J connectivity index is -0.00000000167. The van der Waals surface area contributed by atoms with E-state index in [4.69, 9.17) is 2.85 Å². The average Bonchev–Trinajstić information content (AvgIpc) is 1.00. The third-order valence-electron chi connectivity index (χ3n) is 0. The minimum absolute atomic E-state index is 0. The minimum Gasteiger partial charge on any atom is 0 e. The van der Waals surface area contributed by atoms with Crippen molar-refractivity contribution in [3.63, 3.8) is 0 Å². The molecule has 35 valence electrons. The molecule has 0 heterocycles. The molecule has 0 N–H and O–H groups in total. The number of hydrogen-bond donors (Lipinski definition) is 0. The van der Waals surface area contributed by atoms with Crippen LogP contribution in [0.1, 0.15) is 0 Å². The first kappa shape index (κ1) is 26.2. The zero-order chi connectivity index (χ0) is 2.00. The Bertz CT molecular complexity index is 11.6. The first-order chi connectivity index (χ1) is 1.00. The van der Waals surface area contributed by atoms with Crippen molar-refractivity contribution in [3.05, 3.63) is 0 Å². The quantitative estimate of drug-likeness (QED) is 0.424. The van der Waals surface area contributed by atoms with Gasteiger partial charge in [-0.2, -0.15) is 0 Å². The van der Waals surface area contributed by atoms with E-state index < -0.39 is 0 Å². The van der Waals surface area contributed by atoms with Crippen molar-refractivity contribution in [1.82, 2.24) is 0 Å². The Hall–Kier alpha value is 2.40. The molecule has 0 amide bonds. The first-order valence-corrected chi connectivity index (χ1v) is 1.67. The van der Waals surface area contributed by atoms with Crippen LogP contribution >= 0.6 is 0 Å². The van der Waals surface area contributed by atoms with E-state index in [1.54, 1.807) is 0 Å². The van der Waals surface area contributed by atoms with Crippen LogP contribution < -0.4 is 0 Å². The second-order valence-corrected chi connectivity index (χ2v) is 0. The summed E-state index contributed by atoms with van der Waals surface area (Å²) in [6, 6.07) is 0. The van der Waals surface area contributed by atoms with Crippen molar-refractivity contribution in [1.29, 1.82) is 0 Å². The summed E-state index contributed by atoms with van der Waals surface area (Å²) in [5.41, 5.74) is 0. The van der Waals surface area contributed by atoms with Gasteiger partial charge >= 0.3 is 27.2 Å². The maximum absolute atomic E-state index is 8.39. The third-order valence-corrected chi connectivity index (χ3v) is 0. The molecule has 5 heteroatoms. The van der Waals surface area contributed by atoms with Crippen molar-refractivity contribution in [2.45, 2.75) is 0 Å². The van der Waals surface area contributed by atoms with Crippen molar-refractivity contribution < 1.29 is 82.4 Å². The van der Waals surface area contributed by atoms with Crippen LogP contribution in [-0.4, -0.2) is 0 Å². The number of rotatable bonds is 0. The maximum atomic E-state index is 8.39. The van der Waals surface area contributed by atoms with Gasteiger partial charge in [-0.25, -0.2) is 0 Å². The molecule has 0 saturated carbocycles. The maximum Gasteiger partial charge on any atom is 0 e. The summed E-state index contributed by atoms with van der Waals surface area (Å²) in [5, 5.41) is 0. The van der Waals surface area contributed by atoms with Gasteiger partial charge in [0.2, 0.25) is 0 Å². The largest absolute Gasteiger partial charge is 0 e. The molecule has 0 aromatic carbocycles. The van der Waals surface area contributed by atoms with Crippen LogP contribution in [0.4, 0.5) is 0 Å². The second kappa shape index (κ2) is 32.4. The molecule has 0 atom stereocenters. The average molecular weight is 500 g/mol. The Morgan fingerprint density at radius 3 is 1.20 bits per heavy atom. The molecule has 0 unspecified atom stereocenters. The van der Waals surface area contributed by atoms with Crippen LogP contribution in [0, 0.1) is 0 Å². The van der Waals surface area contributed by atoms with E-state index in [9.17, 15) is 0 Å². The van der Waals surface area contributed by atoms with Gasteiger partial charge in [0, 0.05) is 55.2 Å². The number of hydrogen-bond acceptors (Lipinski definition) is 1. The van der Waals surface area contributed by atoms with Gasteiger partial charge in [0.25, 0.3) is 0 Å². The first-order valence-electron chi connectivity index (χ1n) is 0.204. The monoisotopic (exact) mass is 502 g/mol. The topological polar surface area (TPSA) is 17.1 Å². The molecule has 5 heavy (non-hydrogen) atoms. The van der Waals surface area contributed by atoms with Crippen molar-refractivity contribution in [3.8, 4) is 0 Å². The van der Waals surface area contributed by atoms with E-state index in [2.05, 4.69) is 0 Å². The van der Waals surface area contributed by atoms with Gasteiger partial charge < -0.3 is 0 Å². The summed E-state index contributed by atoms with van der Waals surface area (Å²) in [6.45, 7) is 0. The molecule has 0 bridgehead atoms. The third kappa shape index (κ3) is 21.5. The molecule has 0 rings (SSSR count). The Kier molecular flexibility index (Phi) is 170. The summed E-state index contributed by atoms with van der Waals surface area (Å²) in [5.74, 6) is 0. The van der Waals surface area contributed by atoms with Crippen LogP contribution in [0.5, 0.6) is 0 Å². The Labute approximate surface area is 81.3 Å². The Morgan fingerprint density at radius 1 is 1.20 bits per heavy atom. The molecule has 0 aromatic rings. The smallest absolute Gasteiger partial charge is 0 e. The van der Waals surface area contributed by atoms with Gasteiger partial charge in [0.05, 0.1) is 0 Å². The summed E-state index contributed by atoms with van der Waals surface area (Å²) in [4.78, 5) is 0. The molecular weight excluding hydrogens is 500 g/mol. The van der Waals surface area contributed by atoms with Gasteiger partial charge in [-0.15, -0.1) is 0 Å². The fourth-order valence-corrected chi connectivity index (χ4v) is 0. The summed E-state index contributed by atoms with van der Waals surface area (Å²) < 4.78 is 8.39. The molecule has 0 aliphatic rings.